The lowest BCUT2D eigenvalue weighted by Gasteiger charge is -2.16. The van der Waals surface area contributed by atoms with E-state index in [9.17, 15) is 4.79 Å². The third-order valence-corrected chi connectivity index (χ3v) is 3.63. The first-order valence-electron chi connectivity index (χ1n) is 5.62. The van der Waals surface area contributed by atoms with Crippen LogP contribution in [0.25, 0.3) is 0 Å². The Hall–Kier alpha value is -0.330. The lowest BCUT2D eigenvalue weighted by atomic mass is 9.89. The van der Waals surface area contributed by atoms with Crippen molar-refractivity contribution in [3.63, 3.8) is 0 Å². The summed E-state index contributed by atoms with van der Waals surface area (Å²) < 4.78 is 0. The maximum Gasteiger partial charge on any atom is 0.122 e. The summed E-state index contributed by atoms with van der Waals surface area (Å²) in [6, 6.07) is 0. The molecule has 0 amide bonds. The minimum Gasteiger partial charge on any atom is -0.303 e. The summed E-state index contributed by atoms with van der Waals surface area (Å²) in [5, 5.41) is 0. The molecule has 1 aliphatic carbocycles. The van der Waals surface area contributed by atoms with Crippen LogP contribution < -0.4 is 0 Å². The van der Waals surface area contributed by atoms with E-state index in [1.54, 1.807) is 0 Å². The number of rotatable bonds is 4. The van der Waals surface area contributed by atoms with Gasteiger partial charge in [0.05, 0.1) is 0 Å². The van der Waals surface area contributed by atoms with E-state index in [1.165, 1.54) is 19.3 Å². The number of carbonyl (C=O) groups excluding carboxylic acids is 1. The van der Waals surface area contributed by atoms with Gasteiger partial charge in [-0.2, -0.15) is 0 Å². The fourth-order valence-electron chi connectivity index (χ4n) is 2.67. The molecule has 0 aliphatic heterocycles. The van der Waals surface area contributed by atoms with Gasteiger partial charge in [0.1, 0.15) is 6.29 Å². The van der Waals surface area contributed by atoms with Crippen molar-refractivity contribution in [2.45, 2.75) is 46.5 Å². The van der Waals surface area contributed by atoms with E-state index in [0.29, 0.717) is 0 Å². The SMILES string of the molecule is CCC1CC(C)C(CC(C)C=O)C1. The zero-order valence-corrected chi connectivity index (χ0v) is 9.12. The van der Waals surface area contributed by atoms with E-state index in [1.807, 2.05) is 6.92 Å². The predicted molar refractivity (Wildman–Crippen MR) is 55.5 cm³/mol. The lowest BCUT2D eigenvalue weighted by Crippen LogP contribution is -2.09. The van der Waals surface area contributed by atoms with Gasteiger partial charge in [-0.1, -0.05) is 27.2 Å². The van der Waals surface area contributed by atoms with Crippen molar-refractivity contribution in [3.8, 4) is 0 Å². The molecular formula is C12H22O. The van der Waals surface area contributed by atoms with Crippen LogP contribution in [0, 0.1) is 23.7 Å². The van der Waals surface area contributed by atoms with E-state index in [0.717, 1.165) is 30.5 Å². The Morgan fingerprint density at radius 1 is 1.46 bits per heavy atom. The summed E-state index contributed by atoms with van der Waals surface area (Å²) in [4.78, 5) is 10.6. The highest BCUT2D eigenvalue weighted by Gasteiger charge is 2.30. The molecular weight excluding hydrogens is 160 g/mol. The van der Waals surface area contributed by atoms with Crippen LogP contribution in [0.5, 0.6) is 0 Å². The van der Waals surface area contributed by atoms with Crippen LogP contribution in [0.3, 0.4) is 0 Å². The van der Waals surface area contributed by atoms with Crippen molar-refractivity contribution in [3.05, 3.63) is 0 Å². The van der Waals surface area contributed by atoms with Crippen LogP contribution in [0.15, 0.2) is 0 Å². The van der Waals surface area contributed by atoms with E-state index in [2.05, 4.69) is 13.8 Å². The van der Waals surface area contributed by atoms with E-state index in [-0.39, 0.29) is 5.92 Å². The quantitative estimate of drug-likeness (QED) is 0.610. The van der Waals surface area contributed by atoms with Crippen LogP contribution in [0.2, 0.25) is 0 Å². The Balaban J connectivity index is 2.38. The minimum atomic E-state index is 0.267. The highest BCUT2D eigenvalue weighted by Crippen LogP contribution is 2.40. The van der Waals surface area contributed by atoms with Gasteiger partial charge in [-0.05, 0) is 37.0 Å². The van der Waals surface area contributed by atoms with Gasteiger partial charge in [-0.3, -0.25) is 0 Å². The summed E-state index contributed by atoms with van der Waals surface area (Å²) in [6.45, 7) is 6.67. The zero-order chi connectivity index (χ0) is 9.84. The summed E-state index contributed by atoms with van der Waals surface area (Å²) >= 11 is 0. The molecule has 0 spiro atoms. The fraction of sp³-hybridized carbons (Fsp3) is 0.917. The van der Waals surface area contributed by atoms with Gasteiger partial charge < -0.3 is 4.79 Å². The molecule has 1 fully saturated rings. The largest absolute Gasteiger partial charge is 0.303 e. The van der Waals surface area contributed by atoms with E-state index < -0.39 is 0 Å². The third-order valence-electron chi connectivity index (χ3n) is 3.63. The molecule has 0 aromatic rings. The van der Waals surface area contributed by atoms with Crippen LogP contribution in [-0.2, 0) is 4.79 Å². The predicted octanol–water partition coefficient (Wildman–Crippen LogP) is 3.28. The minimum absolute atomic E-state index is 0.267. The maximum absolute atomic E-state index is 10.6. The lowest BCUT2D eigenvalue weighted by molar-refractivity contribution is -0.111. The summed E-state index contributed by atoms with van der Waals surface area (Å²) in [7, 11) is 0. The summed E-state index contributed by atoms with van der Waals surface area (Å²) in [5.74, 6) is 2.85. The summed E-state index contributed by atoms with van der Waals surface area (Å²) in [6.07, 6.45) is 6.27. The molecule has 0 saturated heterocycles. The molecule has 0 bridgehead atoms. The second-order valence-electron chi connectivity index (χ2n) is 4.83. The normalized spacial score (nSPS) is 36.1. The molecule has 0 radical (unpaired) electrons. The number of carbonyl (C=O) groups is 1. The fourth-order valence-corrected chi connectivity index (χ4v) is 2.67. The van der Waals surface area contributed by atoms with Crippen LogP contribution >= 0.6 is 0 Å². The van der Waals surface area contributed by atoms with Gasteiger partial charge >= 0.3 is 0 Å². The molecule has 76 valence electrons. The van der Waals surface area contributed by atoms with Crippen molar-refractivity contribution in [1.82, 2.24) is 0 Å². The average Bonchev–Trinajstić information content (AvgIpc) is 2.47. The Morgan fingerprint density at radius 2 is 2.15 bits per heavy atom. The first-order chi connectivity index (χ1) is 6.17. The molecule has 1 aliphatic rings. The monoisotopic (exact) mass is 182 g/mol. The highest BCUT2D eigenvalue weighted by molar-refractivity contribution is 5.52. The first-order valence-corrected chi connectivity index (χ1v) is 5.62. The summed E-state index contributed by atoms with van der Waals surface area (Å²) in [5.41, 5.74) is 0. The van der Waals surface area contributed by atoms with Crippen LogP contribution in [-0.4, -0.2) is 6.29 Å². The van der Waals surface area contributed by atoms with Crippen LogP contribution in [0.4, 0.5) is 0 Å². The van der Waals surface area contributed by atoms with Crippen LogP contribution in [0.1, 0.15) is 46.5 Å². The number of hydrogen-bond donors (Lipinski definition) is 0. The third kappa shape index (κ3) is 2.82. The molecule has 1 nitrogen and oxygen atoms in total. The highest BCUT2D eigenvalue weighted by atomic mass is 16.1. The Kier molecular flexibility index (Phi) is 3.95. The molecule has 1 heteroatoms. The second kappa shape index (κ2) is 4.78. The van der Waals surface area contributed by atoms with E-state index in [4.69, 9.17) is 0 Å². The molecule has 0 heterocycles. The number of hydrogen-bond acceptors (Lipinski definition) is 1. The van der Waals surface area contributed by atoms with Gasteiger partial charge in [0.15, 0.2) is 0 Å². The second-order valence-corrected chi connectivity index (χ2v) is 4.83. The van der Waals surface area contributed by atoms with Crippen molar-refractivity contribution in [2.75, 3.05) is 0 Å². The van der Waals surface area contributed by atoms with Crippen molar-refractivity contribution >= 4 is 6.29 Å². The Morgan fingerprint density at radius 3 is 2.62 bits per heavy atom. The van der Waals surface area contributed by atoms with Crippen molar-refractivity contribution in [2.24, 2.45) is 23.7 Å². The molecule has 0 N–H and O–H groups in total. The smallest absolute Gasteiger partial charge is 0.122 e. The topological polar surface area (TPSA) is 17.1 Å². The van der Waals surface area contributed by atoms with Gasteiger partial charge in [0.2, 0.25) is 0 Å². The van der Waals surface area contributed by atoms with Gasteiger partial charge in [0.25, 0.3) is 0 Å². The molecule has 0 aromatic heterocycles. The molecule has 4 unspecified atom stereocenters. The van der Waals surface area contributed by atoms with Gasteiger partial charge in [-0.25, -0.2) is 0 Å². The molecule has 0 aromatic carbocycles. The standard InChI is InChI=1S/C12H22O/c1-4-11-6-10(3)12(7-11)5-9(2)8-13/h8-12H,4-7H2,1-3H3. The zero-order valence-electron chi connectivity index (χ0n) is 9.12. The van der Waals surface area contributed by atoms with Gasteiger partial charge in [-0.15, -0.1) is 0 Å². The maximum atomic E-state index is 10.6. The van der Waals surface area contributed by atoms with E-state index >= 15 is 0 Å². The average molecular weight is 182 g/mol. The Bertz CT molecular complexity index is 165. The number of aldehydes is 1. The first kappa shape index (κ1) is 10.7. The van der Waals surface area contributed by atoms with Crippen molar-refractivity contribution < 1.29 is 4.79 Å². The molecule has 1 rings (SSSR count). The molecule has 1 saturated carbocycles. The Labute approximate surface area is 81.9 Å². The molecule has 4 atom stereocenters. The van der Waals surface area contributed by atoms with Crippen molar-refractivity contribution in [1.29, 1.82) is 0 Å². The van der Waals surface area contributed by atoms with Gasteiger partial charge in [0, 0.05) is 5.92 Å². The molecule has 13 heavy (non-hydrogen) atoms.